The first-order valence-corrected chi connectivity index (χ1v) is 6.64. The van der Waals surface area contributed by atoms with Crippen molar-refractivity contribution in [2.24, 2.45) is 0 Å². The van der Waals surface area contributed by atoms with Gasteiger partial charge in [0, 0.05) is 5.02 Å². The molecule has 1 nitrogen and oxygen atoms in total. The van der Waals surface area contributed by atoms with Crippen LogP contribution in [0.5, 0.6) is 0 Å². The van der Waals surface area contributed by atoms with E-state index in [9.17, 15) is 17.6 Å². The maximum Gasteiger partial charge on any atom is 0.416 e. The van der Waals surface area contributed by atoms with Crippen molar-refractivity contribution in [3.63, 3.8) is 0 Å². The van der Waals surface area contributed by atoms with Crippen molar-refractivity contribution in [3.05, 3.63) is 63.9 Å². The molecule has 2 aromatic rings. The molecule has 1 aliphatic heterocycles. The number of benzene rings is 2. The Hall–Kier alpha value is -1.75. The maximum atomic E-state index is 13.8. The van der Waals surface area contributed by atoms with Gasteiger partial charge in [0.1, 0.15) is 5.82 Å². The first kappa shape index (κ1) is 14.2. The third-order valence-corrected chi connectivity index (χ3v) is 3.74. The Morgan fingerprint density at radius 3 is 2.57 bits per heavy atom. The highest BCUT2D eigenvalue weighted by molar-refractivity contribution is 6.30. The van der Waals surface area contributed by atoms with E-state index in [0.717, 1.165) is 12.1 Å². The second kappa shape index (κ2) is 4.91. The third kappa shape index (κ3) is 2.58. The molecule has 21 heavy (non-hydrogen) atoms. The summed E-state index contributed by atoms with van der Waals surface area (Å²) in [6, 6.07) is 7.42. The summed E-state index contributed by atoms with van der Waals surface area (Å²) < 4.78 is 53.0. The molecule has 1 aliphatic rings. The minimum atomic E-state index is -4.44. The minimum absolute atomic E-state index is 0.108. The Bertz CT molecular complexity index is 697. The zero-order chi connectivity index (χ0) is 15.2. The van der Waals surface area contributed by atoms with Crippen LogP contribution in [0.15, 0.2) is 36.4 Å². The average Bonchev–Trinajstić information content (AvgIpc) is 2.81. The number of alkyl halides is 3. The summed E-state index contributed by atoms with van der Waals surface area (Å²) in [4.78, 5) is 0. The lowest BCUT2D eigenvalue weighted by molar-refractivity contribution is -0.138. The fourth-order valence-corrected chi connectivity index (χ4v) is 2.87. The van der Waals surface area contributed by atoms with Crippen molar-refractivity contribution >= 4 is 17.3 Å². The van der Waals surface area contributed by atoms with Crippen LogP contribution >= 0.6 is 11.6 Å². The Labute approximate surface area is 123 Å². The number of hydrogen-bond donors (Lipinski definition) is 1. The molecule has 3 rings (SSSR count). The van der Waals surface area contributed by atoms with Gasteiger partial charge in [-0.05, 0) is 35.7 Å². The monoisotopic (exact) mass is 315 g/mol. The van der Waals surface area contributed by atoms with Gasteiger partial charge in [0.05, 0.1) is 17.3 Å². The van der Waals surface area contributed by atoms with Crippen LogP contribution in [0.25, 0.3) is 0 Å². The highest BCUT2D eigenvalue weighted by atomic mass is 35.5. The van der Waals surface area contributed by atoms with Crippen LogP contribution in [0, 0.1) is 5.82 Å². The van der Waals surface area contributed by atoms with Crippen LogP contribution in [0.1, 0.15) is 22.7 Å². The molecule has 1 unspecified atom stereocenters. The topological polar surface area (TPSA) is 12.0 Å². The van der Waals surface area contributed by atoms with Gasteiger partial charge in [-0.2, -0.15) is 13.2 Å². The largest absolute Gasteiger partial charge is 0.416 e. The predicted molar refractivity (Wildman–Crippen MR) is 72.9 cm³/mol. The summed E-state index contributed by atoms with van der Waals surface area (Å²) >= 11 is 5.78. The maximum absolute atomic E-state index is 13.8. The van der Waals surface area contributed by atoms with Crippen molar-refractivity contribution in [1.82, 2.24) is 0 Å². The van der Waals surface area contributed by atoms with Crippen LogP contribution < -0.4 is 5.32 Å². The van der Waals surface area contributed by atoms with Gasteiger partial charge in [0.25, 0.3) is 0 Å². The van der Waals surface area contributed by atoms with E-state index in [1.54, 1.807) is 12.1 Å². The lowest BCUT2D eigenvalue weighted by Crippen LogP contribution is -2.15. The van der Waals surface area contributed by atoms with E-state index in [2.05, 4.69) is 5.32 Å². The van der Waals surface area contributed by atoms with Gasteiger partial charge < -0.3 is 5.32 Å². The number of fused-ring (bicyclic) bond motifs is 1. The Balaban J connectivity index is 2.01. The van der Waals surface area contributed by atoms with Crippen molar-refractivity contribution in [2.45, 2.75) is 18.6 Å². The molecule has 0 aliphatic carbocycles. The van der Waals surface area contributed by atoms with Crippen molar-refractivity contribution in [1.29, 1.82) is 0 Å². The molecule has 0 aromatic heterocycles. The zero-order valence-corrected chi connectivity index (χ0v) is 11.4. The quantitative estimate of drug-likeness (QED) is 0.713. The van der Waals surface area contributed by atoms with Gasteiger partial charge in [-0.1, -0.05) is 29.8 Å². The Kier molecular flexibility index (Phi) is 3.32. The summed E-state index contributed by atoms with van der Waals surface area (Å²) in [6.45, 7) is 0. The summed E-state index contributed by atoms with van der Waals surface area (Å²) in [6.07, 6.45) is -4.18. The van der Waals surface area contributed by atoms with Crippen molar-refractivity contribution in [2.75, 3.05) is 5.32 Å². The molecule has 110 valence electrons. The predicted octanol–water partition coefficient (Wildman–Crippen LogP) is 5.21. The molecule has 6 heteroatoms. The van der Waals surface area contributed by atoms with Gasteiger partial charge >= 0.3 is 6.18 Å². The molecular formula is C15H10ClF4N. The number of rotatable bonds is 1. The third-order valence-electron chi connectivity index (χ3n) is 3.52. The minimum Gasteiger partial charge on any atom is -0.375 e. The molecule has 1 atom stereocenters. The van der Waals surface area contributed by atoms with E-state index in [1.807, 2.05) is 0 Å². The number of halogens is 5. The van der Waals surface area contributed by atoms with Crippen molar-refractivity contribution in [3.8, 4) is 0 Å². The summed E-state index contributed by atoms with van der Waals surface area (Å²) in [5.41, 5.74) is 0.210. The molecule has 0 amide bonds. The van der Waals surface area contributed by atoms with Gasteiger partial charge in [-0.3, -0.25) is 0 Å². The molecule has 0 saturated heterocycles. The lowest BCUT2D eigenvalue weighted by Gasteiger charge is -2.18. The van der Waals surface area contributed by atoms with E-state index >= 15 is 0 Å². The van der Waals surface area contributed by atoms with Gasteiger partial charge in [-0.15, -0.1) is 0 Å². The normalized spacial score (nSPS) is 17.5. The molecule has 0 spiro atoms. The van der Waals surface area contributed by atoms with Crippen LogP contribution in [-0.2, 0) is 12.6 Å². The first-order valence-electron chi connectivity index (χ1n) is 6.27. The molecular weight excluding hydrogens is 306 g/mol. The first-order chi connectivity index (χ1) is 9.86. The highest BCUT2D eigenvalue weighted by Crippen LogP contribution is 2.42. The number of hydrogen-bond acceptors (Lipinski definition) is 1. The van der Waals surface area contributed by atoms with Gasteiger partial charge in [0.15, 0.2) is 0 Å². The summed E-state index contributed by atoms with van der Waals surface area (Å²) in [5.74, 6) is -0.551. The van der Waals surface area contributed by atoms with Crippen LogP contribution in [-0.4, -0.2) is 0 Å². The van der Waals surface area contributed by atoms with Gasteiger partial charge in [-0.25, -0.2) is 4.39 Å². The molecule has 0 bridgehead atoms. The van der Waals surface area contributed by atoms with E-state index in [0.29, 0.717) is 5.56 Å². The van der Waals surface area contributed by atoms with Crippen molar-refractivity contribution < 1.29 is 17.6 Å². The molecule has 2 aromatic carbocycles. The fraction of sp³-hybridized carbons (Fsp3) is 0.200. The molecule has 0 fully saturated rings. The van der Waals surface area contributed by atoms with E-state index in [1.165, 1.54) is 12.1 Å². The SMILES string of the molecule is Fc1cc(Cl)cc2c1NC(c1ccccc1C(F)(F)F)C2. The molecule has 0 saturated carbocycles. The fourth-order valence-electron chi connectivity index (χ4n) is 2.64. The zero-order valence-electron chi connectivity index (χ0n) is 10.6. The smallest absolute Gasteiger partial charge is 0.375 e. The van der Waals surface area contributed by atoms with Crippen LogP contribution in [0.3, 0.4) is 0 Å². The summed E-state index contributed by atoms with van der Waals surface area (Å²) in [7, 11) is 0. The van der Waals surface area contributed by atoms with E-state index < -0.39 is 23.6 Å². The average molecular weight is 316 g/mol. The Morgan fingerprint density at radius 2 is 1.86 bits per heavy atom. The summed E-state index contributed by atoms with van der Waals surface area (Å²) in [5, 5.41) is 3.06. The number of nitrogens with one attached hydrogen (secondary N) is 1. The van der Waals surface area contributed by atoms with Crippen LogP contribution in [0.4, 0.5) is 23.2 Å². The molecule has 1 heterocycles. The standard InChI is InChI=1S/C15H10ClF4N/c16-9-5-8-6-13(21-14(8)12(17)7-9)10-3-1-2-4-11(10)15(18,19)20/h1-5,7,13,21H,6H2. The number of anilines is 1. The van der Waals surface area contributed by atoms with E-state index in [-0.39, 0.29) is 22.7 Å². The van der Waals surface area contributed by atoms with Crippen LogP contribution in [0.2, 0.25) is 5.02 Å². The van der Waals surface area contributed by atoms with E-state index in [4.69, 9.17) is 11.6 Å². The molecule has 1 N–H and O–H groups in total. The Morgan fingerprint density at radius 1 is 1.14 bits per heavy atom. The lowest BCUT2D eigenvalue weighted by atomic mass is 9.97. The highest BCUT2D eigenvalue weighted by Gasteiger charge is 2.36. The van der Waals surface area contributed by atoms with Gasteiger partial charge in [0.2, 0.25) is 0 Å². The second-order valence-corrected chi connectivity index (χ2v) is 5.34. The second-order valence-electron chi connectivity index (χ2n) is 4.91. The molecule has 0 radical (unpaired) electrons.